The number of likely N-dealkylation sites (tertiary alicyclic amines) is 1. The molecule has 0 spiro atoms. The Labute approximate surface area is 110 Å². The lowest BCUT2D eigenvalue weighted by atomic mass is 9.75. The molecule has 0 radical (unpaired) electrons. The van der Waals surface area contributed by atoms with Gasteiger partial charge in [-0.15, -0.1) is 0 Å². The molecule has 0 bridgehead atoms. The molecule has 0 aromatic heterocycles. The van der Waals surface area contributed by atoms with E-state index in [4.69, 9.17) is 5.73 Å². The van der Waals surface area contributed by atoms with Gasteiger partial charge in [-0.2, -0.15) is 0 Å². The first kappa shape index (κ1) is 12.0. The minimum Gasteiger partial charge on any atom is -0.398 e. The second-order valence-electron chi connectivity index (χ2n) is 6.03. The number of hydrogen-bond donors (Lipinski definition) is 1. The highest BCUT2D eigenvalue weighted by molar-refractivity contribution is 5.46. The molecule has 2 atom stereocenters. The third-order valence-corrected chi connectivity index (χ3v) is 4.82. The predicted octanol–water partition coefficient (Wildman–Crippen LogP) is 3.28. The topological polar surface area (TPSA) is 29.3 Å². The van der Waals surface area contributed by atoms with Crippen LogP contribution in [0.1, 0.15) is 37.7 Å². The summed E-state index contributed by atoms with van der Waals surface area (Å²) < 4.78 is 0. The number of nitrogens with zero attached hydrogens (tertiary/aromatic N) is 1. The molecular weight excluding hydrogens is 220 g/mol. The van der Waals surface area contributed by atoms with Crippen molar-refractivity contribution in [3.8, 4) is 0 Å². The molecule has 1 aliphatic heterocycles. The van der Waals surface area contributed by atoms with Crippen molar-refractivity contribution in [2.24, 2.45) is 11.8 Å². The highest BCUT2D eigenvalue weighted by atomic mass is 15.1. The molecule has 0 unspecified atom stereocenters. The minimum atomic E-state index is 0.947. The zero-order valence-corrected chi connectivity index (χ0v) is 11.1. The molecule has 1 heterocycles. The third-order valence-electron chi connectivity index (χ3n) is 4.82. The van der Waals surface area contributed by atoms with Crippen molar-refractivity contribution in [3.05, 3.63) is 29.8 Å². The largest absolute Gasteiger partial charge is 0.398 e. The van der Waals surface area contributed by atoms with Gasteiger partial charge in [0.15, 0.2) is 0 Å². The smallest absolute Gasteiger partial charge is 0.0359 e. The summed E-state index contributed by atoms with van der Waals surface area (Å²) in [6, 6.07) is 8.30. The highest BCUT2D eigenvalue weighted by Gasteiger charge is 2.30. The van der Waals surface area contributed by atoms with E-state index in [1.54, 1.807) is 0 Å². The third kappa shape index (κ3) is 2.54. The summed E-state index contributed by atoms with van der Waals surface area (Å²) in [4.78, 5) is 2.61. The number of benzene rings is 1. The minimum absolute atomic E-state index is 0.947. The molecule has 3 rings (SSSR count). The molecule has 2 N–H and O–H groups in total. The van der Waals surface area contributed by atoms with Crippen LogP contribution in [0, 0.1) is 11.8 Å². The van der Waals surface area contributed by atoms with E-state index >= 15 is 0 Å². The number of rotatable bonds is 2. The Morgan fingerprint density at radius 1 is 1.06 bits per heavy atom. The molecule has 18 heavy (non-hydrogen) atoms. The van der Waals surface area contributed by atoms with E-state index in [0.29, 0.717) is 0 Å². The summed E-state index contributed by atoms with van der Waals surface area (Å²) in [5, 5.41) is 0. The van der Waals surface area contributed by atoms with Crippen LogP contribution in [-0.2, 0) is 6.54 Å². The fraction of sp³-hybridized carbons (Fsp3) is 0.625. The monoisotopic (exact) mass is 244 g/mol. The lowest BCUT2D eigenvalue weighted by Crippen LogP contribution is -2.41. The van der Waals surface area contributed by atoms with E-state index in [1.807, 2.05) is 12.1 Å². The number of nitrogen functional groups attached to an aromatic ring is 1. The van der Waals surface area contributed by atoms with Gasteiger partial charge in [0, 0.05) is 18.8 Å². The first-order chi connectivity index (χ1) is 8.83. The summed E-state index contributed by atoms with van der Waals surface area (Å²) in [5.74, 6) is 1.97. The van der Waals surface area contributed by atoms with Gasteiger partial charge in [0.1, 0.15) is 0 Å². The van der Waals surface area contributed by atoms with E-state index in [9.17, 15) is 0 Å². The average molecular weight is 244 g/mol. The number of fused-ring (bicyclic) bond motifs is 1. The first-order valence-corrected chi connectivity index (χ1v) is 7.38. The van der Waals surface area contributed by atoms with Gasteiger partial charge in [-0.25, -0.2) is 0 Å². The molecule has 0 amide bonds. The highest BCUT2D eigenvalue weighted by Crippen LogP contribution is 2.36. The number of anilines is 1. The second-order valence-corrected chi connectivity index (χ2v) is 6.03. The summed E-state index contributed by atoms with van der Waals surface area (Å²) >= 11 is 0. The van der Waals surface area contributed by atoms with E-state index < -0.39 is 0 Å². The molecule has 2 fully saturated rings. The van der Waals surface area contributed by atoms with Gasteiger partial charge in [0.25, 0.3) is 0 Å². The molecule has 1 aromatic carbocycles. The SMILES string of the molecule is Nc1ccccc1CN1CC[C@@H]2CCCC[C@@H]2C1. The van der Waals surface area contributed by atoms with Gasteiger partial charge in [0.05, 0.1) is 0 Å². The lowest BCUT2D eigenvalue weighted by molar-refractivity contribution is 0.0822. The number of hydrogen-bond acceptors (Lipinski definition) is 2. The zero-order chi connectivity index (χ0) is 12.4. The van der Waals surface area contributed by atoms with Crippen LogP contribution in [0.3, 0.4) is 0 Å². The summed E-state index contributed by atoms with van der Waals surface area (Å²) in [6.45, 7) is 3.59. The van der Waals surface area contributed by atoms with Gasteiger partial charge >= 0.3 is 0 Å². The Balaban J connectivity index is 1.63. The van der Waals surface area contributed by atoms with Crippen LogP contribution in [-0.4, -0.2) is 18.0 Å². The van der Waals surface area contributed by atoms with Crippen molar-refractivity contribution in [1.29, 1.82) is 0 Å². The maximum atomic E-state index is 6.04. The van der Waals surface area contributed by atoms with Crippen LogP contribution in [0.2, 0.25) is 0 Å². The van der Waals surface area contributed by atoms with Crippen LogP contribution in [0.5, 0.6) is 0 Å². The second kappa shape index (κ2) is 5.31. The van der Waals surface area contributed by atoms with Crippen LogP contribution in [0.25, 0.3) is 0 Å². The van der Waals surface area contributed by atoms with E-state index in [0.717, 1.165) is 24.1 Å². The van der Waals surface area contributed by atoms with E-state index in [-0.39, 0.29) is 0 Å². The zero-order valence-electron chi connectivity index (χ0n) is 11.1. The van der Waals surface area contributed by atoms with Gasteiger partial charge in [-0.3, -0.25) is 4.90 Å². The van der Waals surface area contributed by atoms with Crippen LogP contribution in [0.15, 0.2) is 24.3 Å². The predicted molar refractivity (Wildman–Crippen MR) is 76.2 cm³/mol. The number of para-hydroxylation sites is 1. The van der Waals surface area contributed by atoms with Crippen molar-refractivity contribution in [2.45, 2.75) is 38.6 Å². The normalized spacial score (nSPS) is 28.9. The Kier molecular flexibility index (Phi) is 3.55. The Morgan fingerprint density at radius 2 is 1.83 bits per heavy atom. The molecular formula is C16H24N2. The number of piperidine rings is 1. The summed E-state index contributed by atoms with van der Waals surface area (Å²) in [5.41, 5.74) is 8.29. The maximum Gasteiger partial charge on any atom is 0.0359 e. The van der Waals surface area contributed by atoms with Crippen molar-refractivity contribution in [3.63, 3.8) is 0 Å². The van der Waals surface area contributed by atoms with Crippen molar-refractivity contribution in [2.75, 3.05) is 18.8 Å². The van der Waals surface area contributed by atoms with Crippen molar-refractivity contribution >= 4 is 5.69 Å². The van der Waals surface area contributed by atoms with Crippen LogP contribution >= 0.6 is 0 Å². The van der Waals surface area contributed by atoms with Crippen LogP contribution in [0.4, 0.5) is 5.69 Å². The van der Waals surface area contributed by atoms with Crippen LogP contribution < -0.4 is 5.73 Å². The molecule has 1 aromatic rings. The lowest BCUT2D eigenvalue weighted by Gasteiger charge is -2.41. The molecule has 1 aliphatic carbocycles. The number of nitrogens with two attached hydrogens (primary N) is 1. The molecule has 2 heteroatoms. The molecule has 1 saturated heterocycles. The molecule has 1 saturated carbocycles. The quantitative estimate of drug-likeness (QED) is 0.809. The van der Waals surface area contributed by atoms with Gasteiger partial charge in [-0.05, 0) is 42.9 Å². The first-order valence-electron chi connectivity index (χ1n) is 7.38. The average Bonchev–Trinajstić information content (AvgIpc) is 2.41. The van der Waals surface area contributed by atoms with Gasteiger partial charge in [-0.1, -0.05) is 37.5 Å². The van der Waals surface area contributed by atoms with Gasteiger partial charge < -0.3 is 5.73 Å². The standard InChI is InChI=1S/C16H24N2/c17-16-8-4-3-7-15(16)12-18-10-9-13-5-1-2-6-14(13)11-18/h3-4,7-8,13-14H,1-2,5-6,9-12,17H2/t13-,14+/m0/s1. The van der Waals surface area contributed by atoms with Gasteiger partial charge in [0.2, 0.25) is 0 Å². The Bertz CT molecular complexity index is 402. The fourth-order valence-corrected chi connectivity index (χ4v) is 3.74. The van der Waals surface area contributed by atoms with Crippen molar-refractivity contribution < 1.29 is 0 Å². The summed E-state index contributed by atoms with van der Waals surface area (Å²) in [7, 11) is 0. The van der Waals surface area contributed by atoms with E-state index in [2.05, 4.69) is 17.0 Å². The molecule has 2 nitrogen and oxygen atoms in total. The maximum absolute atomic E-state index is 6.04. The Morgan fingerprint density at radius 3 is 2.67 bits per heavy atom. The van der Waals surface area contributed by atoms with E-state index in [1.165, 1.54) is 50.8 Å². The molecule has 2 aliphatic rings. The van der Waals surface area contributed by atoms with Crippen molar-refractivity contribution in [1.82, 2.24) is 4.90 Å². The summed E-state index contributed by atoms with van der Waals surface area (Å²) in [6.07, 6.45) is 7.24. The fourth-order valence-electron chi connectivity index (χ4n) is 3.74. The Hall–Kier alpha value is -1.02. The molecule has 98 valence electrons.